The SMILES string of the molecule is O=S1CCN(C2CCN(Cc3ccc4c(c3)OCC4)CC2)CC1. The van der Waals surface area contributed by atoms with Gasteiger partial charge in [0, 0.05) is 54.4 Å². The average Bonchev–Trinajstić information content (AvgIpc) is 3.04. The molecule has 126 valence electrons. The summed E-state index contributed by atoms with van der Waals surface area (Å²) in [6.45, 7) is 6.27. The highest BCUT2D eigenvalue weighted by Gasteiger charge is 2.27. The molecule has 2 fully saturated rings. The minimum absolute atomic E-state index is 0.563. The van der Waals surface area contributed by atoms with Gasteiger partial charge < -0.3 is 4.74 Å². The summed E-state index contributed by atoms with van der Waals surface area (Å²) in [6, 6.07) is 7.43. The Hall–Kier alpha value is -0.910. The molecule has 4 rings (SSSR count). The lowest BCUT2D eigenvalue weighted by molar-refractivity contribution is 0.112. The molecular formula is C18H26N2O2S. The number of hydrogen-bond donors (Lipinski definition) is 0. The largest absolute Gasteiger partial charge is 0.493 e. The zero-order valence-electron chi connectivity index (χ0n) is 13.7. The van der Waals surface area contributed by atoms with Crippen molar-refractivity contribution in [1.82, 2.24) is 9.80 Å². The second-order valence-electron chi connectivity index (χ2n) is 6.93. The van der Waals surface area contributed by atoms with Crippen molar-refractivity contribution in [3.8, 4) is 5.75 Å². The minimum atomic E-state index is -0.563. The summed E-state index contributed by atoms with van der Waals surface area (Å²) in [5, 5.41) is 0. The number of piperidine rings is 1. The summed E-state index contributed by atoms with van der Waals surface area (Å²) < 4.78 is 17.2. The average molecular weight is 334 g/mol. The van der Waals surface area contributed by atoms with Crippen molar-refractivity contribution >= 4 is 10.8 Å². The Morgan fingerprint density at radius 3 is 2.70 bits per heavy atom. The van der Waals surface area contributed by atoms with Gasteiger partial charge in [-0.3, -0.25) is 14.0 Å². The second kappa shape index (κ2) is 6.91. The van der Waals surface area contributed by atoms with Crippen molar-refractivity contribution in [2.24, 2.45) is 0 Å². The molecule has 0 unspecified atom stereocenters. The highest BCUT2D eigenvalue weighted by molar-refractivity contribution is 7.85. The lowest BCUT2D eigenvalue weighted by Gasteiger charge is -2.40. The topological polar surface area (TPSA) is 32.8 Å². The van der Waals surface area contributed by atoms with Gasteiger partial charge in [0.15, 0.2) is 0 Å². The smallest absolute Gasteiger partial charge is 0.122 e. The molecule has 3 aliphatic rings. The second-order valence-corrected chi connectivity index (χ2v) is 8.63. The van der Waals surface area contributed by atoms with Crippen LogP contribution in [0.2, 0.25) is 0 Å². The Morgan fingerprint density at radius 2 is 1.91 bits per heavy atom. The Kier molecular flexibility index (Phi) is 4.69. The molecule has 1 aromatic rings. The summed E-state index contributed by atoms with van der Waals surface area (Å²) in [5.41, 5.74) is 2.73. The molecule has 2 saturated heterocycles. The van der Waals surface area contributed by atoms with E-state index in [1.54, 1.807) is 0 Å². The van der Waals surface area contributed by atoms with E-state index in [0.29, 0.717) is 6.04 Å². The van der Waals surface area contributed by atoms with Crippen LogP contribution in [0.25, 0.3) is 0 Å². The first-order valence-electron chi connectivity index (χ1n) is 8.84. The molecule has 0 amide bonds. The van der Waals surface area contributed by atoms with Crippen LogP contribution in [0.1, 0.15) is 24.0 Å². The third-order valence-corrected chi connectivity index (χ3v) is 6.73. The molecule has 0 spiro atoms. The normalized spacial score (nSPS) is 24.5. The van der Waals surface area contributed by atoms with Crippen LogP contribution in [0.15, 0.2) is 18.2 Å². The van der Waals surface area contributed by atoms with Crippen LogP contribution in [0.5, 0.6) is 5.75 Å². The summed E-state index contributed by atoms with van der Waals surface area (Å²) in [7, 11) is -0.563. The summed E-state index contributed by atoms with van der Waals surface area (Å²) >= 11 is 0. The molecule has 0 radical (unpaired) electrons. The van der Waals surface area contributed by atoms with Crippen molar-refractivity contribution in [1.29, 1.82) is 0 Å². The number of hydrogen-bond acceptors (Lipinski definition) is 4. The molecule has 4 nitrogen and oxygen atoms in total. The van der Waals surface area contributed by atoms with E-state index in [9.17, 15) is 4.21 Å². The van der Waals surface area contributed by atoms with E-state index in [2.05, 4.69) is 28.0 Å². The monoisotopic (exact) mass is 334 g/mol. The fraction of sp³-hybridized carbons (Fsp3) is 0.667. The van der Waals surface area contributed by atoms with Crippen molar-refractivity contribution < 1.29 is 8.95 Å². The van der Waals surface area contributed by atoms with E-state index in [1.165, 1.54) is 37.1 Å². The fourth-order valence-electron chi connectivity index (χ4n) is 4.03. The van der Waals surface area contributed by atoms with Gasteiger partial charge in [0.25, 0.3) is 0 Å². The Bertz CT molecular complexity index is 574. The van der Waals surface area contributed by atoms with E-state index in [1.807, 2.05) is 0 Å². The molecule has 0 aliphatic carbocycles. The standard InChI is InChI=1S/C18H26N2O2S/c21-23-11-8-20(9-12-23)17-3-6-19(7-4-17)14-15-1-2-16-5-10-22-18(16)13-15/h1-2,13,17H,3-12,14H2. The van der Waals surface area contributed by atoms with Crippen LogP contribution < -0.4 is 4.74 Å². The van der Waals surface area contributed by atoms with Gasteiger partial charge >= 0.3 is 0 Å². The number of ether oxygens (including phenoxy) is 1. The Morgan fingerprint density at radius 1 is 1.13 bits per heavy atom. The van der Waals surface area contributed by atoms with Gasteiger partial charge in [0.05, 0.1) is 6.61 Å². The molecule has 0 atom stereocenters. The maximum Gasteiger partial charge on any atom is 0.122 e. The van der Waals surface area contributed by atoms with E-state index in [0.717, 1.165) is 49.9 Å². The minimum Gasteiger partial charge on any atom is -0.493 e. The van der Waals surface area contributed by atoms with Gasteiger partial charge in [-0.2, -0.15) is 0 Å². The van der Waals surface area contributed by atoms with Crippen molar-refractivity contribution in [2.75, 3.05) is 44.3 Å². The maximum atomic E-state index is 11.5. The molecule has 1 aromatic carbocycles. The lowest BCUT2D eigenvalue weighted by atomic mass is 10.0. The maximum absolute atomic E-state index is 11.5. The lowest BCUT2D eigenvalue weighted by Crippen LogP contribution is -2.49. The molecule has 0 aromatic heterocycles. The van der Waals surface area contributed by atoms with Crippen LogP contribution in [0.4, 0.5) is 0 Å². The van der Waals surface area contributed by atoms with Gasteiger partial charge in [-0.1, -0.05) is 12.1 Å². The predicted molar refractivity (Wildman–Crippen MR) is 93.4 cm³/mol. The van der Waals surface area contributed by atoms with E-state index in [4.69, 9.17) is 4.74 Å². The van der Waals surface area contributed by atoms with Crippen molar-refractivity contribution in [3.05, 3.63) is 29.3 Å². The van der Waals surface area contributed by atoms with Crippen molar-refractivity contribution in [3.63, 3.8) is 0 Å². The van der Waals surface area contributed by atoms with E-state index < -0.39 is 10.8 Å². The van der Waals surface area contributed by atoms with Crippen LogP contribution in [-0.2, 0) is 23.8 Å². The molecule has 23 heavy (non-hydrogen) atoms. The quantitative estimate of drug-likeness (QED) is 0.841. The molecule has 0 N–H and O–H groups in total. The van der Waals surface area contributed by atoms with Gasteiger partial charge in [-0.25, -0.2) is 0 Å². The Labute approximate surface area is 141 Å². The highest BCUT2D eigenvalue weighted by atomic mass is 32.2. The van der Waals surface area contributed by atoms with Crippen LogP contribution in [0, 0.1) is 0 Å². The van der Waals surface area contributed by atoms with Gasteiger partial charge in [-0.15, -0.1) is 0 Å². The summed E-state index contributed by atoms with van der Waals surface area (Å²) in [5.74, 6) is 2.84. The molecular weight excluding hydrogens is 308 g/mol. The molecule has 3 heterocycles. The third kappa shape index (κ3) is 3.62. The number of likely N-dealkylation sites (tertiary alicyclic amines) is 1. The molecule has 0 bridgehead atoms. The number of fused-ring (bicyclic) bond motifs is 1. The first-order chi connectivity index (χ1) is 11.3. The first-order valence-corrected chi connectivity index (χ1v) is 10.3. The van der Waals surface area contributed by atoms with Gasteiger partial charge in [-0.05, 0) is 43.1 Å². The zero-order valence-corrected chi connectivity index (χ0v) is 14.5. The number of benzene rings is 1. The van der Waals surface area contributed by atoms with Crippen LogP contribution >= 0.6 is 0 Å². The summed E-state index contributed by atoms with van der Waals surface area (Å²) in [6.07, 6.45) is 3.55. The summed E-state index contributed by atoms with van der Waals surface area (Å²) in [4.78, 5) is 5.14. The van der Waals surface area contributed by atoms with E-state index in [-0.39, 0.29) is 0 Å². The van der Waals surface area contributed by atoms with Crippen LogP contribution in [0.3, 0.4) is 0 Å². The first kappa shape index (κ1) is 15.6. The van der Waals surface area contributed by atoms with Crippen molar-refractivity contribution in [2.45, 2.75) is 31.8 Å². The predicted octanol–water partition coefficient (Wildman–Crippen LogP) is 1.65. The fourth-order valence-corrected chi connectivity index (χ4v) is 5.11. The Balaban J connectivity index is 1.29. The van der Waals surface area contributed by atoms with Crippen LogP contribution in [-0.4, -0.2) is 64.3 Å². The molecule has 3 aliphatic heterocycles. The number of rotatable bonds is 3. The molecule has 5 heteroatoms. The third-order valence-electron chi connectivity index (χ3n) is 5.45. The number of nitrogens with zero attached hydrogens (tertiary/aromatic N) is 2. The zero-order chi connectivity index (χ0) is 15.6. The van der Waals surface area contributed by atoms with Gasteiger partial charge in [0.2, 0.25) is 0 Å². The van der Waals surface area contributed by atoms with E-state index >= 15 is 0 Å². The highest BCUT2D eigenvalue weighted by Crippen LogP contribution is 2.27. The molecule has 0 saturated carbocycles. The van der Waals surface area contributed by atoms with Gasteiger partial charge in [0.1, 0.15) is 5.75 Å².